The Morgan fingerprint density at radius 2 is 2.00 bits per heavy atom. The second kappa shape index (κ2) is 8.82. The van der Waals surface area contributed by atoms with E-state index in [9.17, 15) is 0 Å². The third-order valence-corrected chi connectivity index (χ3v) is 0.144. The molecule has 0 saturated heterocycles. The Morgan fingerprint density at radius 3 is 2.00 bits per heavy atom. The maximum atomic E-state index is 4.18. The van der Waals surface area contributed by atoms with E-state index >= 15 is 0 Å². The Kier molecular flexibility index (Phi) is 16.1. The predicted octanol–water partition coefficient (Wildman–Crippen LogP) is -2.49. The molecule has 0 aliphatic carbocycles. The van der Waals surface area contributed by atoms with Crippen LogP contribution in [-0.2, 0) is 4.74 Å². The molecule has 0 rings (SSSR count). The van der Waals surface area contributed by atoms with E-state index in [0.717, 1.165) is 0 Å². The van der Waals surface area contributed by atoms with Gasteiger partial charge in [0.05, 0.1) is 0 Å². The zero-order valence-corrected chi connectivity index (χ0v) is 3.62. The molecule has 0 N–H and O–H groups in total. The normalized spacial score (nSPS) is 6.00. The minimum absolute atomic E-state index is 0. The molecule has 2 heteroatoms. The molecule has 0 aliphatic rings. The molecule has 5 heavy (non-hydrogen) atoms. The summed E-state index contributed by atoms with van der Waals surface area (Å²) in [5, 5.41) is 0. The van der Waals surface area contributed by atoms with Crippen LogP contribution in [0.2, 0.25) is 0 Å². The van der Waals surface area contributed by atoms with Crippen LogP contribution in [0.25, 0.3) is 0 Å². The van der Waals surface area contributed by atoms with Gasteiger partial charge in [-0.1, -0.05) is 6.61 Å². The van der Waals surface area contributed by atoms with Gasteiger partial charge in [0.1, 0.15) is 0 Å². The van der Waals surface area contributed by atoms with E-state index in [2.05, 4.69) is 18.3 Å². The van der Waals surface area contributed by atoms with Crippen molar-refractivity contribution in [2.75, 3.05) is 7.11 Å². The first-order valence-electron chi connectivity index (χ1n) is 0.966. The quantitative estimate of drug-likeness (QED) is 0.242. The SMILES string of the molecule is [CH2-][C]OC.[Li+]. The summed E-state index contributed by atoms with van der Waals surface area (Å²) in [5.74, 6) is 0. The van der Waals surface area contributed by atoms with E-state index in [1.165, 1.54) is 7.11 Å². The first-order chi connectivity index (χ1) is 1.91. The van der Waals surface area contributed by atoms with Crippen molar-refractivity contribution in [2.24, 2.45) is 0 Å². The van der Waals surface area contributed by atoms with Gasteiger partial charge >= 0.3 is 18.9 Å². The first kappa shape index (κ1) is 9.12. The van der Waals surface area contributed by atoms with Gasteiger partial charge in [-0.15, -0.1) is 0 Å². The molecule has 0 aromatic rings. The van der Waals surface area contributed by atoms with Gasteiger partial charge in [-0.3, -0.25) is 0 Å². The molecule has 0 aromatic heterocycles. The fraction of sp³-hybridized carbons (Fsp3) is 0.333. The summed E-state index contributed by atoms with van der Waals surface area (Å²) in [4.78, 5) is 0. The topological polar surface area (TPSA) is 9.23 Å². The molecular weight excluding hydrogens is 59.0 g/mol. The van der Waals surface area contributed by atoms with Crippen molar-refractivity contribution >= 4 is 0 Å². The summed E-state index contributed by atoms with van der Waals surface area (Å²) in [7, 11) is 1.51. The molecule has 0 atom stereocenters. The van der Waals surface area contributed by atoms with Gasteiger partial charge in [-0.2, -0.15) is 0 Å². The van der Waals surface area contributed by atoms with Crippen molar-refractivity contribution in [1.29, 1.82) is 0 Å². The van der Waals surface area contributed by atoms with E-state index in [4.69, 9.17) is 0 Å². The van der Waals surface area contributed by atoms with Crippen molar-refractivity contribution in [3.05, 3.63) is 13.5 Å². The van der Waals surface area contributed by atoms with Crippen LogP contribution in [0.1, 0.15) is 0 Å². The molecule has 0 amide bonds. The molecule has 0 fully saturated rings. The maximum Gasteiger partial charge on any atom is 1.00 e. The largest absolute Gasteiger partial charge is 1.00 e. The zero-order valence-electron chi connectivity index (χ0n) is 3.62. The van der Waals surface area contributed by atoms with Crippen LogP contribution in [0, 0.1) is 13.5 Å². The predicted molar refractivity (Wildman–Crippen MR) is 15.6 cm³/mol. The Bertz CT molecular complexity index is 8.85. The number of hydrogen-bond donors (Lipinski definition) is 0. The minimum Gasteiger partial charge on any atom is -0.410 e. The molecule has 0 bridgehead atoms. The van der Waals surface area contributed by atoms with E-state index in [-0.39, 0.29) is 18.9 Å². The fourth-order valence-corrected chi connectivity index (χ4v) is 0. The van der Waals surface area contributed by atoms with Crippen molar-refractivity contribution in [3.8, 4) is 0 Å². The van der Waals surface area contributed by atoms with Crippen molar-refractivity contribution in [2.45, 2.75) is 0 Å². The molecule has 0 spiro atoms. The molecule has 0 aliphatic heterocycles. The van der Waals surface area contributed by atoms with E-state index < -0.39 is 0 Å². The average Bonchev–Trinajstić information content (AvgIpc) is 1.37. The molecule has 24 valence electrons. The molecule has 0 unspecified atom stereocenters. The summed E-state index contributed by atoms with van der Waals surface area (Å²) >= 11 is 0. The Balaban J connectivity index is 0. The monoisotopic (exact) mass is 64.1 g/mol. The van der Waals surface area contributed by atoms with Crippen molar-refractivity contribution in [1.82, 2.24) is 0 Å². The van der Waals surface area contributed by atoms with Crippen LogP contribution < -0.4 is 18.9 Å². The third-order valence-electron chi connectivity index (χ3n) is 0.144. The smallest absolute Gasteiger partial charge is 0.410 e. The van der Waals surface area contributed by atoms with Crippen LogP contribution in [0.15, 0.2) is 0 Å². The van der Waals surface area contributed by atoms with E-state index in [1.807, 2.05) is 0 Å². The number of ether oxygens (including phenoxy) is 1. The number of rotatable bonds is 1. The van der Waals surface area contributed by atoms with E-state index in [1.54, 1.807) is 0 Å². The standard InChI is InChI=1S/C3H5O.Li/c1-3-4-2;/h1H2,2H3;/q-1;+1. The Hall–Kier alpha value is 0.557. The third kappa shape index (κ3) is 12.3. The van der Waals surface area contributed by atoms with Gasteiger partial charge < -0.3 is 11.7 Å². The van der Waals surface area contributed by atoms with Gasteiger partial charge in [0.15, 0.2) is 0 Å². The Labute approximate surface area is 44.9 Å². The summed E-state index contributed by atoms with van der Waals surface area (Å²) in [6, 6.07) is 0. The van der Waals surface area contributed by atoms with Crippen molar-refractivity contribution < 1.29 is 23.6 Å². The second-order valence-electron chi connectivity index (χ2n) is 0.348. The van der Waals surface area contributed by atoms with Gasteiger partial charge in [-0.25, -0.2) is 0 Å². The summed E-state index contributed by atoms with van der Waals surface area (Å²) in [6.07, 6.45) is 0. The van der Waals surface area contributed by atoms with Crippen LogP contribution in [-0.4, -0.2) is 7.11 Å². The van der Waals surface area contributed by atoms with Crippen LogP contribution >= 0.6 is 0 Å². The molecular formula is C3H5LiO. The molecule has 0 aromatic carbocycles. The van der Waals surface area contributed by atoms with Gasteiger partial charge in [0, 0.05) is 7.11 Å². The summed E-state index contributed by atoms with van der Waals surface area (Å²) in [5.41, 5.74) is 0. The molecule has 0 heterocycles. The van der Waals surface area contributed by atoms with E-state index in [0.29, 0.717) is 0 Å². The molecule has 1 nitrogen and oxygen atoms in total. The molecule has 2 radical (unpaired) electrons. The van der Waals surface area contributed by atoms with Gasteiger partial charge in [-0.05, 0) is 0 Å². The number of methoxy groups -OCH3 is 1. The second-order valence-corrected chi connectivity index (χ2v) is 0.348. The molecule has 0 saturated carbocycles. The number of hydrogen-bond acceptors (Lipinski definition) is 1. The summed E-state index contributed by atoms with van der Waals surface area (Å²) < 4.78 is 4.18. The van der Waals surface area contributed by atoms with Crippen molar-refractivity contribution in [3.63, 3.8) is 0 Å². The Morgan fingerprint density at radius 1 is 1.80 bits per heavy atom. The van der Waals surface area contributed by atoms with Crippen LogP contribution in [0.3, 0.4) is 0 Å². The zero-order chi connectivity index (χ0) is 3.41. The van der Waals surface area contributed by atoms with Gasteiger partial charge in [0.25, 0.3) is 0 Å². The fourth-order valence-electron chi connectivity index (χ4n) is 0. The van der Waals surface area contributed by atoms with Crippen LogP contribution in [0.4, 0.5) is 0 Å². The van der Waals surface area contributed by atoms with Gasteiger partial charge in [0.2, 0.25) is 0 Å². The minimum atomic E-state index is 0. The maximum absolute atomic E-state index is 4.18. The van der Waals surface area contributed by atoms with Crippen LogP contribution in [0.5, 0.6) is 0 Å². The first-order valence-corrected chi connectivity index (χ1v) is 0.966. The summed E-state index contributed by atoms with van der Waals surface area (Å²) in [6.45, 7) is 5.31. The average molecular weight is 64.0 g/mol.